The van der Waals surface area contributed by atoms with Crippen LogP contribution in [0.25, 0.3) is 0 Å². The molecule has 0 spiro atoms. The highest BCUT2D eigenvalue weighted by atomic mass is 19.1. The van der Waals surface area contributed by atoms with Crippen LogP contribution >= 0.6 is 0 Å². The molecule has 1 amide bonds. The maximum atomic E-state index is 13.6. The van der Waals surface area contributed by atoms with Gasteiger partial charge in [-0.15, -0.1) is 0 Å². The van der Waals surface area contributed by atoms with Gasteiger partial charge in [0.1, 0.15) is 17.6 Å². The molecule has 5 heteroatoms. The van der Waals surface area contributed by atoms with Gasteiger partial charge in [-0.05, 0) is 25.1 Å². The van der Waals surface area contributed by atoms with Crippen molar-refractivity contribution in [3.8, 4) is 6.07 Å². The van der Waals surface area contributed by atoms with Gasteiger partial charge in [-0.2, -0.15) is 5.26 Å². The number of hydrogen-bond acceptors (Lipinski definition) is 3. The number of hydrogen-bond donors (Lipinski definition) is 1. The summed E-state index contributed by atoms with van der Waals surface area (Å²) in [4.78, 5) is 16.1. The minimum Gasteiger partial charge on any atom is -0.331 e. The van der Waals surface area contributed by atoms with Crippen LogP contribution in [0, 0.1) is 24.1 Å². The smallest absolute Gasteiger partial charge is 0.271 e. The Morgan fingerprint density at radius 2 is 2.05 bits per heavy atom. The van der Waals surface area contributed by atoms with E-state index in [0.717, 1.165) is 0 Å². The fourth-order valence-corrected chi connectivity index (χ4v) is 1.76. The van der Waals surface area contributed by atoms with Crippen molar-refractivity contribution < 1.29 is 9.18 Å². The summed E-state index contributed by atoms with van der Waals surface area (Å²) >= 11 is 0. The topological polar surface area (TPSA) is 65.8 Å². The molecule has 1 heterocycles. The first kappa shape index (κ1) is 13.7. The van der Waals surface area contributed by atoms with Gasteiger partial charge < -0.3 is 5.32 Å². The van der Waals surface area contributed by atoms with Crippen LogP contribution in [0.4, 0.5) is 4.39 Å². The van der Waals surface area contributed by atoms with E-state index in [1.54, 1.807) is 25.1 Å². The van der Waals surface area contributed by atoms with E-state index in [1.807, 2.05) is 6.07 Å². The summed E-state index contributed by atoms with van der Waals surface area (Å²) in [6, 6.07) is 11.7. The van der Waals surface area contributed by atoms with Gasteiger partial charge in [-0.3, -0.25) is 4.79 Å². The Morgan fingerprint density at radius 3 is 2.70 bits per heavy atom. The molecule has 0 radical (unpaired) electrons. The summed E-state index contributed by atoms with van der Waals surface area (Å²) in [5.74, 6) is -1.04. The second-order valence-corrected chi connectivity index (χ2v) is 4.22. The molecule has 0 bridgehead atoms. The van der Waals surface area contributed by atoms with E-state index in [-0.39, 0.29) is 11.3 Å². The van der Waals surface area contributed by atoms with Gasteiger partial charge >= 0.3 is 0 Å². The molecule has 1 N–H and O–H groups in total. The van der Waals surface area contributed by atoms with Crippen LogP contribution in [-0.2, 0) is 0 Å². The van der Waals surface area contributed by atoms with E-state index in [4.69, 9.17) is 5.26 Å². The average molecular weight is 269 g/mol. The van der Waals surface area contributed by atoms with Crippen molar-refractivity contribution in [2.45, 2.75) is 13.0 Å². The molecule has 1 aromatic carbocycles. The third-order valence-electron chi connectivity index (χ3n) is 2.74. The van der Waals surface area contributed by atoms with E-state index in [1.165, 1.54) is 24.3 Å². The van der Waals surface area contributed by atoms with Gasteiger partial charge in [-0.1, -0.05) is 24.3 Å². The normalized spacial score (nSPS) is 11.4. The van der Waals surface area contributed by atoms with E-state index in [2.05, 4.69) is 10.3 Å². The number of carbonyl (C=O) groups is 1. The number of nitrogens with one attached hydrogen (secondary N) is 1. The number of benzene rings is 1. The van der Waals surface area contributed by atoms with Crippen LogP contribution in [-0.4, -0.2) is 10.9 Å². The lowest BCUT2D eigenvalue weighted by Crippen LogP contribution is -2.29. The largest absolute Gasteiger partial charge is 0.331 e. The van der Waals surface area contributed by atoms with Crippen LogP contribution < -0.4 is 5.32 Å². The van der Waals surface area contributed by atoms with Gasteiger partial charge in [0.2, 0.25) is 0 Å². The first-order valence-corrected chi connectivity index (χ1v) is 6.00. The zero-order chi connectivity index (χ0) is 14.5. The number of aromatic nitrogens is 1. The highest BCUT2D eigenvalue weighted by molar-refractivity contribution is 5.92. The maximum Gasteiger partial charge on any atom is 0.271 e. The van der Waals surface area contributed by atoms with Gasteiger partial charge in [-0.25, -0.2) is 9.37 Å². The van der Waals surface area contributed by atoms with Gasteiger partial charge in [0.25, 0.3) is 5.91 Å². The molecule has 1 atom stereocenters. The summed E-state index contributed by atoms with van der Waals surface area (Å²) in [5, 5.41) is 11.6. The summed E-state index contributed by atoms with van der Waals surface area (Å²) in [5.41, 5.74) is 1.02. The van der Waals surface area contributed by atoms with E-state index < -0.39 is 17.8 Å². The van der Waals surface area contributed by atoms with Crippen molar-refractivity contribution in [2.75, 3.05) is 0 Å². The monoisotopic (exact) mass is 269 g/mol. The Kier molecular flexibility index (Phi) is 4.06. The minimum atomic E-state index is -1.05. The molecule has 0 saturated carbocycles. The lowest BCUT2D eigenvalue weighted by atomic mass is 10.1. The Labute approximate surface area is 115 Å². The highest BCUT2D eigenvalue weighted by Gasteiger charge is 2.18. The van der Waals surface area contributed by atoms with Crippen molar-refractivity contribution in [3.63, 3.8) is 0 Å². The number of nitrogens with zero attached hydrogens (tertiary/aromatic N) is 2. The molecule has 20 heavy (non-hydrogen) atoms. The van der Waals surface area contributed by atoms with Crippen molar-refractivity contribution >= 4 is 5.91 Å². The van der Waals surface area contributed by atoms with Crippen LogP contribution in [0.1, 0.15) is 27.8 Å². The molecular formula is C15H12FN3O. The molecule has 4 nitrogen and oxygen atoms in total. The molecule has 100 valence electrons. The van der Waals surface area contributed by atoms with Crippen molar-refractivity contribution in [3.05, 3.63) is 65.2 Å². The number of pyridine rings is 1. The molecule has 0 aliphatic rings. The van der Waals surface area contributed by atoms with Crippen molar-refractivity contribution in [1.29, 1.82) is 5.26 Å². The Balaban J connectivity index is 2.22. The Bertz CT molecular complexity index is 679. The predicted molar refractivity (Wildman–Crippen MR) is 71.2 cm³/mol. The van der Waals surface area contributed by atoms with E-state index in [9.17, 15) is 9.18 Å². The molecule has 0 fully saturated rings. The number of aryl methyl sites for hydroxylation is 1. The summed E-state index contributed by atoms with van der Waals surface area (Å²) in [6.07, 6.45) is 0. The molecule has 0 aliphatic heterocycles. The van der Waals surface area contributed by atoms with Crippen LogP contribution in [0.5, 0.6) is 0 Å². The molecular weight excluding hydrogens is 257 g/mol. The number of carbonyl (C=O) groups excluding carboxylic acids is 1. The first-order valence-electron chi connectivity index (χ1n) is 6.00. The zero-order valence-electron chi connectivity index (χ0n) is 10.8. The predicted octanol–water partition coefficient (Wildman–Crippen LogP) is 2.52. The SMILES string of the molecule is Cc1cccc(C(=O)N[C@H](C#N)c2ccccc2F)n1. The quantitative estimate of drug-likeness (QED) is 0.931. The lowest BCUT2D eigenvalue weighted by molar-refractivity contribution is 0.0939. The third-order valence-corrected chi connectivity index (χ3v) is 2.74. The third kappa shape index (κ3) is 2.98. The lowest BCUT2D eigenvalue weighted by Gasteiger charge is -2.12. The first-order chi connectivity index (χ1) is 9.61. The molecule has 0 saturated heterocycles. The van der Waals surface area contributed by atoms with Crippen LogP contribution in [0.3, 0.4) is 0 Å². The number of rotatable bonds is 3. The summed E-state index contributed by atoms with van der Waals surface area (Å²) in [6.45, 7) is 1.76. The molecule has 0 unspecified atom stereocenters. The fourth-order valence-electron chi connectivity index (χ4n) is 1.76. The van der Waals surface area contributed by atoms with E-state index >= 15 is 0 Å². The number of amides is 1. The van der Waals surface area contributed by atoms with Gasteiger partial charge in [0.05, 0.1) is 6.07 Å². The minimum absolute atomic E-state index is 0.135. The second-order valence-electron chi connectivity index (χ2n) is 4.22. The molecule has 0 aliphatic carbocycles. The average Bonchev–Trinajstić information content (AvgIpc) is 2.45. The number of nitriles is 1. The summed E-state index contributed by atoms with van der Waals surface area (Å²) < 4.78 is 13.6. The zero-order valence-corrected chi connectivity index (χ0v) is 10.8. The molecule has 2 rings (SSSR count). The van der Waals surface area contributed by atoms with Crippen LogP contribution in [0.15, 0.2) is 42.5 Å². The Morgan fingerprint density at radius 1 is 1.30 bits per heavy atom. The van der Waals surface area contributed by atoms with Crippen LogP contribution in [0.2, 0.25) is 0 Å². The van der Waals surface area contributed by atoms with Crippen molar-refractivity contribution in [1.82, 2.24) is 10.3 Å². The molecule has 1 aromatic heterocycles. The van der Waals surface area contributed by atoms with Gasteiger partial charge in [0, 0.05) is 11.3 Å². The Hall–Kier alpha value is -2.74. The van der Waals surface area contributed by atoms with Gasteiger partial charge in [0.15, 0.2) is 0 Å². The standard InChI is InChI=1S/C15H12FN3O/c1-10-5-4-8-13(18-10)15(20)19-14(9-17)11-6-2-3-7-12(11)16/h2-8,14H,1H3,(H,19,20)/t14-/m1/s1. The highest BCUT2D eigenvalue weighted by Crippen LogP contribution is 2.16. The number of halogens is 1. The van der Waals surface area contributed by atoms with E-state index in [0.29, 0.717) is 5.69 Å². The maximum absolute atomic E-state index is 13.6. The second kappa shape index (κ2) is 5.93. The summed E-state index contributed by atoms with van der Waals surface area (Å²) in [7, 11) is 0. The van der Waals surface area contributed by atoms with Crippen molar-refractivity contribution in [2.24, 2.45) is 0 Å². The molecule has 2 aromatic rings. The fraction of sp³-hybridized carbons (Fsp3) is 0.133.